The van der Waals surface area contributed by atoms with Gasteiger partial charge in [0.1, 0.15) is 24.6 Å². The minimum Gasteiger partial charge on any atom is -0.544 e. The molecule has 154 valence electrons. The van der Waals surface area contributed by atoms with Crippen LogP contribution in [-0.4, -0.2) is 54.1 Å². The van der Waals surface area contributed by atoms with Crippen molar-refractivity contribution in [2.45, 2.75) is 57.3 Å². The quantitative estimate of drug-likeness (QED) is 0.337. The predicted octanol–water partition coefficient (Wildman–Crippen LogP) is -0.778. The fourth-order valence-corrected chi connectivity index (χ4v) is 4.19. The number of benzene rings is 1. The van der Waals surface area contributed by atoms with E-state index in [0.717, 1.165) is 11.1 Å². The zero-order chi connectivity index (χ0) is 20.9. The van der Waals surface area contributed by atoms with Gasteiger partial charge in [0.25, 0.3) is 0 Å². The lowest BCUT2D eigenvalue weighted by molar-refractivity contribution is -0.905. The summed E-state index contributed by atoms with van der Waals surface area (Å²) < 4.78 is 4.36. The van der Waals surface area contributed by atoms with Crippen LogP contribution in [-0.2, 0) is 32.1 Å². The lowest BCUT2D eigenvalue weighted by atomic mass is 9.86. The summed E-state index contributed by atoms with van der Waals surface area (Å²) in [4.78, 5) is 38.3. The van der Waals surface area contributed by atoms with Crippen LogP contribution >= 0.6 is 0 Å². The fraction of sp³-hybridized carbons (Fsp3) is 0.550. The average Bonchev–Trinajstić information content (AvgIpc) is 2.68. The number of unbranched alkanes of at least 4 members (excludes halogenated alkanes) is 1. The van der Waals surface area contributed by atoms with Gasteiger partial charge in [-0.15, -0.1) is 0 Å². The highest BCUT2D eigenvalue weighted by Gasteiger charge is 2.56. The Morgan fingerprint density at radius 3 is 2.43 bits per heavy atom. The predicted molar refractivity (Wildman–Crippen MR) is 100 cm³/mol. The highest BCUT2D eigenvalue weighted by atomic mass is 16.5. The Labute approximate surface area is 165 Å². The number of quaternary nitrogens is 1. The van der Waals surface area contributed by atoms with Crippen molar-refractivity contribution < 1.29 is 28.7 Å². The number of hydrogen-bond acceptors (Lipinski definition) is 7. The molecule has 1 amide bonds. The molecule has 0 radical (unpaired) electrons. The lowest BCUT2D eigenvalue weighted by Gasteiger charge is -2.50. The third kappa shape index (κ3) is 4.09. The van der Waals surface area contributed by atoms with E-state index in [1.165, 1.54) is 14.0 Å². The maximum Gasteiger partial charge on any atom is 0.365 e. The van der Waals surface area contributed by atoms with E-state index in [0.29, 0.717) is 19.4 Å². The molecular formula is C20H29N3O5. The Balaban J connectivity index is 2.66. The molecule has 1 aromatic rings. The van der Waals surface area contributed by atoms with E-state index >= 15 is 0 Å². The molecule has 8 heteroatoms. The Kier molecular flexibility index (Phi) is 7.29. The van der Waals surface area contributed by atoms with Gasteiger partial charge in [0, 0.05) is 18.4 Å². The molecule has 1 aliphatic heterocycles. The third-order valence-electron chi connectivity index (χ3n) is 5.55. The molecule has 0 saturated carbocycles. The molecule has 0 aromatic heterocycles. The number of aliphatic carboxylic acids is 1. The molecule has 4 N–H and O–H groups in total. The van der Waals surface area contributed by atoms with Crippen molar-refractivity contribution in [1.82, 2.24) is 0 Å². The molecule has 4 atom stereocenters. The molecule has 0 aliphatic carbocycles. The van der Waals surface area contributed by atoms with Crippen LogP contribution in [0.4, 0.5) is 0 Å². The molecule has 2 unspecified atom stereocenters. The minimum absolute atomic E-state index is 0.0532. The number of nitrogens with two attached hydrogens (primary N) is 2. The van der Waals surface area contributed by atoms with E-state index in [-0.39, 0.29) is 19.4 Å². The number of carboxylic acid groups (broad SMARTS) is 1. The zero-order valence-corrected chi connectivity index (χ0v) is 16.4. The van der Waals surface area contributed by atoms with Gasteiger partial charge in [-0.1, -0.05) is 24.3 Å². The van der Waals surface area contributed by atoms with Gasteiger partial charge < -0.3 is 26.1 Å². The lowest BCUT2D eigenvalue weighted by Crippen LogP contribution is -2.74. The monoisotopic (exact) mass is 391 g/mol. The number of ether oxygens (including phenoxy) is 1. The van der Waals surface area contributed by atoms with Gasteiger partial charge in [0.05, 0.1) is 7.11 Å². The van der Waals surface area contributed by atoms with Crippen LogP contribution in [0.2, 0.25) is 0 Å². The standard InChI is InChI=1S/C20H29N3O5/c1-13(22)18(24)23(16(20(27)28-2)9-5-6-10-21)12-15-8-4-3-7-14(15)11-17(23)19(25)26/h3-4,7-8,13,16-17H,5-6,9-12,21-22H2,1-2H3/t13?,16-,17?,23+/m0/s1. The van der Waals surface area contributed by atoms with Crippen molar-refractivity contribution >= 4 is 17.8 Å². The number of carbonyl (C=O) groups is 3. The molecule has 0 saturated heterocycles. The van der Waals surface area contributed by atoms with Crippen molar-refractivity contribution in [3.63, 3.8) is 0 Å². The van der Waals surface area contributed by atoms with E-state index in [1.54, 1.807) is 0 Å². The SMILES string of the molecule is COC(=O)[C@H](CCCCN)[N@+]1(C(=O)C(C)N)Cc2ccccc2CC1C(=O)[O-]. The van der Waals surface area contributed by atoms with E-state index in [4.69, 9.17) is 16.2 Å². The van der Waals surface area contributed by atoms with Crippen LogP contribution < -0.4 is 16.6 Å². The summed E-state index contributed by atoms with van der Waals surface area (Å²) in [5.41, 5.74) is 13.1. The Bertz CT molecular complexity index is 736. The summed E-state index contributed by atoms with van der Waals surface area (Å²) in [6, 6.07) is 4.14. The zero-order valence-electron chi connectivity index (χ0n) is 16.4. The second-order valence-corrected chi connectivity index (χ2v) is 7.35. The van der Waals surface area contributed by atoms with Crippen molar-refractivity contribution in [3.05, 3.63) is 35.4 Å². The first-order valence-corrected chi connectivity index (χ1v) is 9.52. The Morgan fingerprint density at radius 1 is 1.25 bits per heavy atom. The summed E-state index contributed by atoms with van der Waals surface area (Å²) in [5, 5.41) is 12.2. The number of fused-ring (bicyclic) bond motifs is 1. The second kappa shape index (κ2) is 9.27. The third-order valence-corrected chi connectivity index (χ3v) is 5.55. The van der Waals surface area contributed by atoms with Crippen molar-refractivity contribution in [2.75, 3.05) is 13.7 Å². The summed E-state index contributed by atoms with van der Waals surface area (Å²) in [7, 11) is 1.23. The van der Waals surface area contributed by atoms with E-state index in [1.807, 2.05) is 24.3 Å². The van der Waals surface area contributed by atoms with Gasteiger partial charge >= 0.3 is 11.9 Å². The van der Waals surface area contributed by atoms with Crippen LogP contribution in [0, 0.1) is 0 Å². The largest absolute Gasteiger partial charge is 0.544 e. The summed E-state index contributed by atoms with van der Waals surface area (Å²) in [5.74, 6) is -2.51. The van der Waals surface area contributed by atoms with Crippen molar-refractivity contribution in [1.29, 1.82) is 0 Å². The van der Waals surface area contributed by atoms with E-state index in [9.17, 15) is 19.5 Å². The van der Waals surface area contributed by atoms with E-state index < -0.39 is 40.5 Å². The first-order chi connectivity index (χ1) is 13.3. The fourth-order valence-electron chi connectivity index (χ4n) is 4.19. The maximum atomic E-state index is 13.4. The van der Waals surface area contributed by atoms with Crippen LogP contribution in [0.25, 0.3) is 0 Å². The number of esters is 1. The maximum absolute atomic E-state index is 13.4. The summed E-state index contributed by atoms with van der Waals surface area (Å²) in [6.45, 7) is 1.99. The number of hydrogen-bond donors (Lipinski definition) is 2. The first kappa shape index (κ1) is 22.0. The van der Waals surface area contributed by atoms with Gasteiger partial charge in [-0.3, -0.25) is 0 Å². The second-order valence-electron chi connectivity index (χ2n) is 7.35. The van der Waals surface area contributed by atoms with Gasteiger partial charge in [-0.05, 0) is 31.9 Å². The van der Waals surface area contributed by atoms with Gasteiger partial charge in [0.15, 0.2) is 6.04 Å². The average molecular weight is 391 g/mol. The minimum atomic E-state index is -1.38. The van der Waals surface area contributed by atoms with Crippen LogP contribution in [0.3, 0.4) is 0 Å². The Hall–Kier alpha value is -2.29. The number of methoxy groups -OCH3 is 1. The molecule has 1 heterocycles. The summed E-state index contributed by atoms with van der Waals surface area (Å²) in [6.07, 6.45) is 1.56. The number of nitrogens with zero attached hydrogens (tertiary/aromatic N) is 1. The van der Waals surface area contributed by atoms with Crippen molar-refractivity contribution in [3.8, 4) is 0 Å². The Morgan fingerprint density at radius 2 is 1.89 bits per heavy atom. The smallest absolute Gasteiger partial charge is 0.365 e. The topological polar surface area (TPSA) is 136 Å². The summed E-state index contributed by atoms with van der Waals surface area (Å²) >= 11 is 0. The highest BCUT2D eigenvalue weighted by Crippen LogP contribution is 2.36. The molecule has 8 nitrogen and oxygen atoms in total. The van der Waals surface area contributed by atoms with Crippen LogP contribution in [0.15, 0.2) is 24.3 Å². The van der Waals surface area contributed by atoms with Crippen LogP contribution in [0.5, 0.6) is 0 Å². The molecule has 1 aliphatic rings. The number of amides is 1. The molecule has 28 heavy (non-hydrogen) atoms. The molecule has 0 spiro atoms. The number of carboxylic acids is 1. The molecule has 2 rings (SSSR count). The molecule has 1 aromatic carbocycles. The molecule has 0 fully saturated rings. The normalized spacial score (nSPS) is 23.4. The number of rotatable bonds is 8. The highest BCUT2D eigenvalue weighted by molar-refractivity contribution is 5.84. The van der Waals surface area contributed by atoms with E-state index in [2.05, 4.69) is 0 Å². The molecular weight excluding hydrogens is 362 g/mol. The van der Waals surface area contributed by atoms with Gasteiger partial charge in [0.2, 0.25) is 0 Å². The molecule has 0 bridgehead atoms. The van der Waals surface area contributed by atoms with Crippen molar-refractivity contribution in [2.24, 2.45) is 11.5 Å². The van der Waals surface area contributed by atoms with Gasteiger partial charge in [-0.2, -0.15) is 0 Å². The number of carbonyl (C=O) groups excluding carboxylic acids is 3. The van der Waals surface area contributed by atoms with Gasteiger partial charge in [-0.25, -0.2) is 14.1 Å². The van der Waals surface area contributed by atoms with Crippen LogP contribution in [0.1, 0.15) is 37.3 Å². The first-order valence-electron chi connectivity index (χ1n) is 9.52.